The van der Waals surface area contributed by atoms with Gasteiger partial charge in [0.2, 0.25) is 10.9 Å². The van der Waals surface area contributed by atoms with Crippen LogP contribution in [0.2, 0.25) is 0 Å². The third-order valence-electron chi connectivity index (χ3n) is 1.81. The highest BCUT2D eigenvalue weighted by Gasteiger charge is 2.37. The average Bonchev–Trinajstić information content (AvgIpc) is 2.37. The second-order valence-electron chi connectivity index (χ2n) is 3.27. The third-order valence-corrected chi connectivity index (χ3v) is 7.26. The highest BCUT2D eigenvalue weighted by Crippen LogP contribution is 2.62. The van der Waals surface area contributed by atoms with E-state index in [0.29, 0.717) is 13.2 Å². The van der Waals surface area contributed by atoms with Gasteiger partial charge in [0.25, 0.3) is 0 Å². The summed E-state index contributed by atoms with van der Waals surface area (Å²) in [5.41, 5.74) is -2.78. The molecule has 0 aromatic rings. The number of esters is 2. The Bertz CT molecular complexity index is 335. The van der Waals surface area contributed by atoms with E-state index >= 15 is 0 Å². The molecule has 0 spiro atoms. The molecular formula is C11H21O6PS2. The van der Waals surface area contributed by atoms with Gasteiger partial charge in [0.05, 0.1) is 26.4 Å². The molecule has 20 heavy (non-hydrogen) atoms. The Morgan fingerprint density at radius 3 is 1.65 bits per heavy atom. The van der Waals surface area contributed by atoms with E-state index in [1.165, 1.54) is 0 Å². The predicted octanol–water partition coefficient (Wildman–Crippen LogP) is 2.51. The lowest BCUT2D eigenvalue weighted by Gasteiger charge is -2.23. The molecule has 118 valence electrons. The van der Waals surface area contributed by atoms with Gasteiger partial charge in [0, 0.05) is 0 Å². The molecule has 6 nitrogen and oxygen atoms in total. The lowest BCUT2D eigenvalue weighted by atomic mass is 10.4. The van der Waals surface area contributed by atoms with Crippen molar-refractivity contribution in [3.05, 3.63) is 0 Å². The van der Waals surface area contributed by atoms with Crippen molar-refractivity contribution in [2.75, 3.05) is 26.4 Å². The Labute approximate surface area is 128 Å². The van der Waals surface area contributed by atoms with E-state index in [-0.39, 0.29) is 13.2 Å². The van der Waals surface area contributed by atoms with Crippen LogP contribution in [0.15, 0.2) is 0 Å². The smallest absolute Gasteiger partial charge is 0.331 e. The molecule has 0 rings (SSSR count). The van der Waals surface area contributed by atoms with Crippen LogP contribution in [-0.4, -0.2) is 43.6 Å². The zero-order valence-electron chi connectivity index (χ0n) is 12.1. The van der Waals surface area contributed by atoms with Crippen LogP contribution in [0.4, 0.5) is 0 Å². The Kier molecular flexibility index (Phi) is 10.5. The average molecular weight is 344 g/mol. The van der Waals surface area contributed by atoms with Crippen LogP contribution in [0.5, 0.6) is 0 Å². The van der Waals surface area contributed by atoms with Crippen LogP contribution in [-0.2, 0) is 39.9 Å². The van der Waals surface area contributed by atoms with Crippen molar-refractivity contribution in [2.45, 2.75) is 32.9 Å². The minimum Gasteiger partial charge on any atom is -0.465 e. The molecule has 0 amide bonds. The molecule has 0 N–H and O–H groups in total. The molecule has 0 saturated carbocycles. The molecule has 0 fully saturated rings. The van der Waals surface area contributed by atoms with E-state index in [4.69, 9.17) is 30.3 Å². The molecule has 0 aromatic carbocycles. The van der Waals surface area contributed by atoms with Gasteiger partial charge in [-0.3, -0.25) is 9.59 Å². The van der Waals surface area contributed by atoms with Crippen LogP contribution in [0.1, 0.15) is 27.7 Å². The molecule has 0 aliphatic rings. The molecule has 0 radical (unpaired) electrons. The number of ether oxygens (including phenoxy) is 2. The van der Waals surface area contributed by atoms with Crippen LogP contribution in [0, 0.1) is 0 Å². The number of carbonyl (C=O) groups excluding carboxylic acids is 2. The molecule has 9 heteroatoms. The van der Waals surface area contributed by atoms with Crippen LogP contribution < -0.4 is 0 Å². The van der Waals surface area contributed by atoms with Crippen LogP contribution in [0.3, 0.4) is 0 Å². The minimum atomic E-state index is -2.78. The van der Waals surface area contributed by atoms with Gasteiger partial charge in [-0.25, -0.2) is 0 Å². The molecule has 0 atom stereocenters. The second kappa shape index (κ2) is 10.6. The van der Waals surface area contributed by atoms with E-state index in [0.717, 1.165) is 11.4 Å². The van der Waals surface area contributed by atoms with Gasteiger partial charge in [-0.15, -0.1) is 0 Å². The zero-order valence-corrected chi connectivity index (χ0v) is 14.6. The molecule has 0 heterocycles. The summed E-state index contributed by atoms with van der Waals surface area (Å²) < 4.78 is 20.6. The first-order chi connectivity index (χ1) is 9.44. The molecule has 0 aliphatic carbocycles. The normalized spacial score (nSPS) is 11.4. The maximum absolute atomic E-state index is 11.9. The Balaban J connectivity index is 5.05. The van der Waals surface area contributed by atoms with Crippen molar-refractivity contribution in [1.29, 1.82) is 0 Å². The van der Waals surface area contributed by atoms with Gasteiger partial charge < -0.3 is 18.5 Å². The Hall–Kier alpha value is -0.140. The lowest BCUT2D eigenvalue weighted by molar-refractivity contribution is -0.152. The summed E-state index contributed by atoms with van der Waals surface area (Å²) in [6.07, 6.45) is 0. The number of carbonyl (C=O) groups is 2. The van der Waals surface area contributed by atoms with Crippen molar-refractivity contribution >= 4 is 40.8 Å². The van der Waals surface area contributed by atoms with E-state index in [2.05, 4.69) is 0 Å². The molecule has 0 saturated heterocycles. The summed E-state index contributed by atoms with van der Waals surface area (Å²) in [6.45, 7) is 7.86. The third kappa shape index (κ3) is 7.04. The van der Waals surface area contributed by atoms with Crippen LogP contribution in [0.25, 0.3) is 0 Å². The van der Waals surface area contributed by atoms with E-state index in [9.17, 15) is 9.59 Å². The number of rotatable bonds is 10. The van der Waals surface area contributed by atoms with Gasteiger partial charge in [0.1, 0.15) is 0 Å². The quantitative estimate of drug-likeness (QED) is 0.340. The first-order valence-corrected chi connectivity index (χ1v) is 10.5. The van der Waals surface area contributed by atoms with E-state index in [1.54, 1.807) is 27.7 Å². The Morgan fingerprint density at radius 1 is 0.950 bits per heavy atom. The largest absolute Gasteiger partial charge is 0.465 e. The number of hydrogen-bond donors (Lipinski definition) is 0. The SMILES string of the molecule is CCOC(=O)C(SP(=S)(OCC)OCC)C(=O)OCC. The first-order valence-electron chi connectivity index (χ1n) is 6.34. The number of hydrogen-bond acceptors (Lipinski definition) is 8. The van der Waals surface area contributed by atoms with Gasteiger partial charge in [-0.1, -0.05) is 0 Å². The van der Waals surface area contributed by atoms with Crippen molar-refractivity contribution in [1.82, 2.24) is 0 Å². The second-order valence-corrected chi connectivity index (χ2v) is 9.58. The van der Waals surface area contributed by atoms with Gasteiger partial charge in [-0.05, 0) is 50.9 Å². The topological polar surface area (TPSA) is 71.1 Å². The van der Waals surface area contributed by atoms with Gasteiger partial charge in [0.15, 0.2) is 0 Å². The van der Waals surface area contributed by atoms with Crippen molar-refractivity contribution in [2.24, 2.45) is 0 Å². The summed E-state index contributed by atoms with van der Waals surface area (Å²) in [5, 5.41) is -1.18. The van der Waals surface area contributed by atoms with Crippen molar-refractivity contribution in [3.63, 3.8) is 0 Å². The van der Waals surface area contributed by atoms with Gasteiger partial charge >= 0.3 is 11.9 Å². The van der Waals surface area contributed by atoms with E-state index < -0.39 is 22.9 Å². The fraction of sp³-hybridized carbons (Fsp3) is 0.818. The summed E-state index contributed by atoms with van der Waals surface area (Å²) in [7, 11) is 0. The first kappa shape index (κ1) is 19.9. The highest BCUT2D eigenvalue weighted by molar-refractivity contribution is 8.68. The minimum absolute atomic E-state index is 0.168. The highest BCUT2D eigenvalue weighted by atomic mass is 32.9. The molecular weight excluding hydrogens is 323 g/mol. The summed E-state index contributed by atoms with van der Waals surface area (Å²) in [4.78, 5) is 23.7. The lowest BCUT2D eigenvalue weighted by Crippen LogP contribution is -2.31. The molecule has 0 aromatic heterocycles. The van der Waals surface area contributed by atoms with E-state index in [1.807, 2.05) is 0 Å². The van der Waals surface area contributed by atoms with Crippen LogP contribution >= 0.6 is 17.1 Å². The fourth-order valence-corrected chi connectivity index (χ4v) is 6.25. The summed E-state index contributed by atoms with van der Waals surface area (Å²) in [6, 6.07) is 0. The zero-order chi connectivity index (χ0) is 15.6. The monoisotopic (exact) mass is 344 g/mol. The maximum atomic E-state index is 11.9. The van der Waals surface area contributed by atoms with Crippen molar-refractivity contribution < 1.29 is 28.1 Å². The standard InChI is InChI=1S/C11H21O6PS2/c1-5-14-10(12)9(11(13)15-6-2)20-18(19,16-7-3)17-8-4/h9H,5-8H2,1-4H3. The maximum Gasteiger partial charge on any atom is 0.331 e. The predicted molar refractivity (Wildman–Crippen MR) is 82.2 cm³/mol. The fourth-order valence-electron chi connectivity index (χ4n) is 1.16. The molecule has 0 bridgehead atoms. The molecule has 0 aliphatic heterocycles. The summed E-state index contributed by atoms with van der Waals surface area (Å²) >= 11 is 6.17. The molecule has 0 unspecified atom stereocenters. The van der Waals surface area contributed by atoms with Crippen molar-refractivity contribution in [3.8, 4) is 0 Å². The summed E-state index contributed by atoms with van der Waals surface area (Å²) in [5.74, 6) is -1.38. The Morgan fingerprint density at radius 2 is 1.35 bits per heavy atom. The van der Waals surface area contributed by atoms with Gasteiger partial charge in [-0.2, -0.15) is 0 Å².